The molecule has 1 fully saturated rings. The maximum atomic E-state index is 13.0. The molecule has 2 atom stereocenters. The number of nitrogens with one attached hydrogen (secondary N) is 2. The lowest BCUT2D eigenvalue weighted by atomic mass is 10.0. The van der Waals surface area contributed by atoms with Crippen LogP contribution in [0.25, 0.3) is 0 Å². The highest BCUT2D eigenvalue weighted by molar-refractivity contribution is 8.02. The van der Waals surface area contributed by atoms with Gasteiger partial charge in [-0.25, -0.2) is 19.7 Å². The van der Waals surface area contributed by atoms with Gasteiger partial charge in [0.15, 0.2) is 16.0 Å². The van der Waals surface area contributed by atoms with Crippen molar-refractivity contribution in [3.8, 4) is 0 Å². The van der Waals surface area contributed by atoms with Gasteiger partial charge < -0.3 is 31.5 Å². The van der Waals surface area contributed by atoms with Crippen molar-refractivity contribution in [3.05, 3.63) is 54.5 Å². The number of nitrogen functional groups attached to an aromatic ring is 1. The molecule has 0 aromatic carbocycles. The number of β-lactam (4-membered cyclic amide) rings is 1. The van der Waals surface area contributed by atoms with E-state index >= 15 is 0 Å². The van der Waals surface area contributed by atoms with E-state index in [-0.39, 0.29) is 51.9 Å². The predicted molar refractivity (Wildman–Crippen MR) is 149 cm³/mol. The van der Waals surface area contributed by atoms with E-state index < -0.39 is 46.4 Å². The van der Waals surface area contributed by atoms with Gasteiger partial charge in [-0.3, -0.25) is 28.6 Å². The molecule has 18 nitrogen and oxygen atoms in total. The van der Waals surface area contributed by atoms with E-state index in [4.69, 9.17) is 16.3 Å². The number of thioether (sulfide) groups is 2. The third kappa shape index (κ3) is 6.31. The summed E-state index contributed by atoms with van der Waals surface area (Å²) in [6.07, 6.45) is 0.361. The number of primary amides is 1. The highest BCUT2D eigenvalue weighted by Crippen LogP contribution is 2.41. The summed E-state index contributed by atoms with van der Waals surface area (Å²) in [5, 5.41) is 24.4. The molecule has 2 aliphatic rings. The number of oxime groups is 1. The van der Waals surface area contributed by atoms with Gasteiger partial charge in [-0.05, 0) is 17.1 Å². The van der Waals surface area contributed by atoms with Gasteiger partial charge in [-0.1, -0.05) is 16.9 Å². The number of thiazole rings is 1. The second-order valence-corrected chi connectivity index (χ2v) is 11.0. The minimum Gasteiger partial charge on any atom is -0.477 e. The standard InChI is InChI=1S/C21H21N9O9S3/c1-38-28-10(9-7-42-19(22)24-9)13(31)25-11-15(33)30-12(18(35)36)8(6-41-17(11)30)2-5-40-21-27-26-14(32)16(34)29(21)3-4-39-20(23)37/h2,5,7,11,17H,3-4,6H2,1H3,(H2,22,24)(H2,23,37)(H,25,31)(H,26,32)(H,35,36)/b5-2+,28-10-. The zero-order chi connectivity index (χ0) is 30.6. The Balaban J connectivity index is 1.50. The maximum Gasteiger partial charge on any atom is 0.404 e. The molecule has 1 saturated heterocycles. The van der Waals surface area contributed by atoms with Crippen LogP contribution in [0.1, 0.15) is 5.69 Å². The number of carboxylic acid groups (broad SMARTS) is 1. The van der Waals surface area contributed by atoms with E-state index in [1.807, 2.05) is 5.10 Å². The van der Waals surface area contributed by atoms with Crippen LogP contribution in [0.5, 0.6) is 0 Å². The quantitative estimate of drug-likeness (QED) is 0.0613. The molecule has 2 aromatic heterocycles. The number of hydrogen-bond acceptors (Lipinski definition) is 15. The lowest BCUT2D eigenvalue weighted by molar-refractivity contribution is -0.150. The molecule has 0 radical (unpaired) electrons. The Morgan fingerprint density at radius 3 is 2.76 bits per heavy atom. The fourth-order valence-corrected chi connectivity index (χ4v) is 6.41. The molecule has 3 amide bonds. The first-order valence-electron chi connectivity index (χ1n) is 11.5. The molecule has 4 heterocycles. The summed E-state index contributed by atoms with van der Waals surface area (Å²) < 4.78 is 5.57. The molecule has 0 saturated carbocycles. The molecule has 0 aliphatic carbocycles. The number of H-pyrrole nitrogens is 1. The normalized spacial score (nSPS) is 18.5. The molecule has 42 heavy (non-hydrogen) atoms. The zero-order valence-corrected chi connectivity index (χ0v) is 23.8. The fraction of sp³-hybridized carbons (Fsp3) is 0.286. The van der Waals surface area contributed by atoms with Crippen LogP contribution in [0.4, 0.5) is 9.93 Å². The van der Waals surface area contributed by atoms with Crippen LogP contribution in [-0.2, 0) is 30.5 Å². The van der Waals surface area contributed by atoms with Gasteiger partial charge in [-0.15, -0.1) is 28.2 Å². The molecule has 2 aliphatic heterocycles. The zero-order valence-electron chi connectivity index (χ0n) is 21.3. The molecule has 2 aromatic rings. The summed E-state index contributed by atoms with van der Waals surface area (Å²) in [6.45, 7) is -0.507. The molecule has 21 heteroatoms. The number of hydrogen-bond donors (Lipinski definition) is 5. The first-order chi connectivity index (χ1) is 20.0. The number of aliphatic carboxylic acids is 1. The number of aromatic nitrogens is 4. The van der Waals surface area contributed by atoms with Crippen LogP contribution in [0, 0.1) is 0 Å². The average molecular weight is 640 g/mol. The Bertz CT molecular complexity index is 1640. The van der Waals surface area contributed by atoms with Gasteiger partial charge in [-0.2, -0.15) is 0 Å². The van der Waals surface area contributed by atoms with Crippen LogP contribution in [0.15, 0.2) is 48.0 Å². The molecule has 7 N–H and O–H groups in total. The third-order valence-electron chi connectivity index (χ3n) is 5.57. The number of aromatic amines is 1. The summed E-state index contributed by atoms with van der Waals surface area (Å²) >= 11 is 3.16. The topological polar surface area (TPSA) is 267 Å². The Hall–Kier alpha value is -4.63. The molecule has 0 spiro atoms. The van der Waals surface area contributed by atoms with Crippen LogP contribution >= 0.6 is 34.9 Å². The van der Waals surface area contributed by atoms with E-state index in [0.29, 0.717) is 0 Å². The third-order valence-corrected chi connectivity index (χ3v) is 8.35. The van der Waals surface area contributed by atoms with E-state index in [9.17, 15) is 33.9 Å². The van der Waals surface area contributed by atoms with Crippen molar-refractivity contribution in [3.63, 3.8) is 0 Å². The van der Waals surface area contributed by atoms with Gasteiger partial charge in [0, 0.05) is 11.1 Å². The number of rotatable bonds is 11. The SMILES string of the molecule is CO/N=C(\C(=O)NC1C(=O)N2C(C(=O)O)=C(/C=C/Sc3n[nH]c(=O)c(=O)n3CCOC(N)=O)CSC12)c1csc(N)n1. The van der Waals surface area contributed by atoms with Crippen molar-refractivity contribution in [2.75, 3.05) is 25.2 Å². The maximum absolute atomic E-state index is 13.0. The van der Waals surface area contributed by atoms with Gasteiger partial charge in [0.2, 0.25) is 0 Å². The Kier molecular flexibility index (Phi) is 9.32. The number of nitrogens with two attached hydrogens (primary N) is 2. The highest BCUT2D eigenvalue weighted by Gasteiger charge is 2.54. The number of carbonyl (C=O) groups is 4. The summed E-state index contributed by atoms with van der Waals surface area (Å²) in [4.78, 5) is 82.6. The van der Waals surface area contributed by atoms with Gasteiger partial charge in [0.05, 0.1) is 6.54 Å². The summed E-state index contributed by atoms with van der Waals surface area (Å²) in [6, 6.07) is -1.04. The van der Waals surface area contributed by atoms with Crippen LogP contribution in [0.3, 0.4) is 0 Å². The van der Waals surface area contributed by atoms with Crippen molar-refractivity contribution in [2.24, 2.45) is 10.9 Å². The van der Waals surface area contributed by atoms with E-state index in [1.165, 1.54) is 35.7 Å². The number of carboxylic acids is 1. The Labute approximate surface area is 246 Å². The van der Waals surface area contributed by atoms with Crippen molar-refractivity contribution in [1.29, 1.82) is 0 Å². The van der Waals surface area contributed by atoms with E-state index in [2.05, 4.69) is 25.3 Å². The summed E-state index contributed by atoms with van der Waals surface area (Å²) in [7, 11) is 1.23. The Morgan fingerprint density at radius 1 is 1.36 bits per heavy atom. The smallest absolute Gasteiger partial charge is 0.404 e. The van der Waals surface area contributed by atoms with Crippen LogP contribution in [0.2, 0.25) is 0 Å². The monoisotopic (exact) mass is 639 g/mol. The number of fused-ring (bicyclic) bond motifs is 1. The number of anilines is 1. The van der Waals surface area contributed by atoms with E-state index in [1.54, 1.807) is 0 Å². The number of carbonyl (C=O) groups excluding carboxylic acids is 3. The number of nitrogens with zero attached hydrogens (tertiary/aromatic N) is 5. The highest BCUT2D eigenvalue weighted by atomic mass is 32.2. The van der Waals surface area contributed by atoms with Crippen molar-refractivity contribution in [2.45, 2.75) is 23.1 Å². The van der Waals surface area contributed by atoms with E-state index in [0.717, 1.165) is 32.6 Å². The van der Waals surface area contributed by atoms with Crippen molar-refractivity contribution < 1.29 is 33.9 Å². The Morgan fingerprint density at radius 2 is 2.12 bits per heavy atom. The molecular weight excluding hydrogens is 618 g/mol. The van der Waals surface area contributed by atoms with Crippen LogP contribution in [-0.4, -0.2) is 90.2 Å². The van der Waals surface area contributed by atoms with Crippen molar-refractivity contribution >= 4 is 69.6 Å². The van der Waals surface area contributed by atoms with Gasteiger partial charge in [0.25, 0.3) is 11.8 Å². The average Bonchev–Trinajstić information content (AvgIpc) is 3.38. The molecule has 2 unspecified atom stereocenters. The molecular formula is C21H21N9O9S3. The first-order valence-corrected chi connectivity index (χ1v) is 14.3. The number of ether oxygens (including phenoxy) is 1. The largest absolute Gasteiger partial charge is 0.477 e. The second kappa shape index (κ2) is 12.9. The lowest BCUT2D eigenvalue weighted by Gasteiger charge is -2.49. The van der Waals surface area contributed by atoms with Gasteiger partial charge >= 0.3 is 23.2 Å². The second-order valence-electron chi connectivity index (χ2n) is 8.11. The number of allylic oxidation sites excluding steroid dienone is 1. The van der Waals surface area contributed by atoms with Gasteiger partial charge in [0.1, 0.15) is 36.5 Å². The predicted octanol–water partition coefficient (Wildman–Crippen LogP) is -1.54. The van der Waals surface area contributed by atoms with Crippen LogP contribution < -0.4 is 27.9 Å². The first kappa shape index (κ1) is 30.3. The lowest BCUT2D eigenvalue weighted by Crippen LogP contribution is -2.71. The summed E-state index contributed by atoms with van der Waals surface area (Å²) in [5.41, 5.74) is 8.52. The fourth-order valence-electron chi connectivity index (χ4n) is 3.79. The minimum absolute atomic E-state index is 0.0148. The molecule has 0 bridgehead atoms. The number of amides is 3. The minimum atomic E-state index is -1.37. The molecule has 222 valence electrons. The van der Waals surface area contributed by atoms with Crippen molar-refractivity contribution in [1.82, 2.24) is 30.0 Å². The summed E-state index contributed by atoms with van der Waals surface area (Å²) in [5.74, 6) is -2.63. The molecule has 4 rings (SSSR count).